The molecule has 4 heteroatoms. The van der Waals surface area contributed by atoms with E-state index in [1.807, 2.05) is 0 Å². The van der Waals surface area contributed by atoms with Gasteiger partial charge in [-0.05, 0) is 5.56 Å². The first-order valence-electron chi connectivity index (χ1n) is 6.43. The van der Waals surface area contributed by atoms with Crippen LogP contribution in [0.2, 0.25) is 0 Å². The first-order valence-corrected chi connectivity index (χ1v) is 6.43. The Kier molecular flexibility index (Phi) is 3.20. The lowest BCUT2D eigenvalue weighted by Gasteiger charge is -2.03. The van der Waals surface area contributed by atoms with Crippen molar-refractivity contribution >= 4 is 23.2 Å². The minimum atomic E-state index is -0.646. The van der Waals surface area contributed by atoms with E-state index < -0.39 is 17.6 Å². The lowest BCUT2D eigenvalue weighted by molar-refractivity contribution is -0.123. The molecule has 2 aromatic carbocycles. The molecular weight excluding hydrogens is 266 g/mol. The average molecular weight is 277 g/mol. The van der Waals surface area contributed by atoms with Gasteiger partial charge >= 0.3 is 0 Å². The highest BCUT2D eigenvalue weighted by Gasteiger charge is 2.35. The number of benzene rings is 2. The molecule has 0 aliphatic carbocycles. The normalized spacial score (nSPS) is 14.3. The fourth-order valence-electron chi connectivity index (χ4n) is 2.29. The Labute approximate surface area is 121 Å². The molecule has 102 valence electrons. The third-order valence-corrected chi connectivity index (χ3v) is 3.26. The van der Waals surface area contributed by atoms with Gasteiger partial charge in [-0.15, -0.1) is 0 Å². The van der Waals surface area contributed by atoms with Crippen molar-refractivity contribution in [1.82, 2.24) is 5.32 Å². The number of carbonyl (C=O) groups is 3. The lowest BCUT2D eigenvalue weighted by Crippen LogP contribution is -2.24. The molecule has 0 bridgehead atoms. The standard InChI is InChI=1S/C17H11NO3/c19-15(12-9-5-2-6-10-12)14-13(16(20)18-17(14)21)11-7-3-1-4-8-11/h1-10H,(H,18,20,21). The molecule has 0 saturated heterocycles. The van der Waals surface area contributed by atoms with Crippen LogP contribution in [0.4, 0.5) is 0 Å². The maximum Gasteiger partial charge on any atom is 0.262 e. The minimum absolute atomic E-state index is 0.0996. The van der Waals surface area contributed by atoms with Crippen molar-refractivity contribution in [2.75, 3.05) is 0 Å². The van der Waals surface area contributed by atoms with E-state index >= 15 is 0 Å². The Morgan fingerprint density at radius 1 is 0.762 bits per heavy atom. The first-order chi connectivity index (χ1) is 10.2. The van der Waals surface area contributed by atoms with Gasteiger partial charge in [-0.1, -0.05) is 60.7 Å². The summed E-state index contributed by atoms with van der Waals surface area (Å²) in [6.45, 7) is 0. The highest BCUT2D eigenvalue weighted by molar-refractivity contribution is 6.46. The van der Waals surface area contributed by atoms with Gasteiger partial charge in [0.1, 0.15) is 5.57 Å². The van der Waals surface area contributed by atoms with Crippen LogP contribution < -0.4 is 5.32 Å². The fourth-order valence-corrected chi connectivity index (χ4v) is 2.29. The second-order valence-corrected chi connectivity index (χ2v) is 4.59. The summed E-state index contributed by atoms with van der Waals surface area (Å²) in [6.07, 6.45) is 0. The molecule has 1 aliphatic heterocycles. The van der Waals surface area contributed by atoms with E-state index in [4.69, 9.17) is 0 Å². The largest absolute Gasteiger partial charge is 0.288 e. The van der Waals surface area contributed by atoms with Crippen LogP contribution in [0.5, 0.6) is 0 Å². The Bertz CT molecular complexity index is 761. The molecule has 4 nitrogen and oxygen atoms in total. The Morgan fingerprint density at radius 3 is 1.95 bits per heavy atom. The van der Waals surface area contributed by atoms with Crippen LogP contribution in [0.1, 0.15) is 15.9 Å². The van der Waals surface area contributed by atoms with E-state index in [0.29, 0.717) is 11.1 Å². The first kappa shape index (κ1) is 13.0. The summed E-state index contributed by atoms with van der Waals surface area (Å²) < 4.78 is 0. The predicted octanol–water partition coefficient (Wildman–Crippen LogP) is 1.98. The van der Waals surface area contributed by atoms with Crippen LogP contribution in [0.25, 0.3) is 5.57 Å². The molecule has 0 spiro atoms. The summed E-state index contributed by atoms with van der Waals surface area (Å²) in [5, 5.41) is 2.19. The monoisotopic (exact) mass is 277 g/mol. The van der Waals surface area contributed by atoms with Gasteiger partial charge in [0, 0.05) is 5.56 Å². The van der Waals surface area contributed by atoms with Gasteiger partial charge in [0.2, 0.25) is 0 Å². The van der Waals surface area contributed by atoms with Gasteiger partial charge in [0.15, 0.2) is 5.78 Å². The highest BCUT2D eigenvalue weighted by Crippen LogP contribution is 2.26. The summed E-state index contributed by atoms with van der Waals surface area (Å²) in [4.78, 5) is 36.5. The summed E-state index contributed by atoms with van der Waals surface area (Å²) in [5.41, 5.74) is 0.970. The summed E-state index contributed by atoms with van der Waals surface area (Å²) in [6, 6.07) is 17.2. The molecule has 1 N–H and O–H groups in total. The van der Waals surface area contributed by atoms with Crippen molar-refractivity contribution < 1.29 is 14.4 Å². The van der Waals surface area contributed by atoms with E-state index in [-0.39, 0.29) is 11.1 Å². The average Bonchev–Trinajstić information content (AvgIpc) is 2.82. The number of imide groups is 1. The van der Waals surface area contributed by atoms with Gasteiger partial charge < -0.3 is 0 Å². The Balaban J connectivity index is 2.16. The van der Waals surface area contributed by atoms with E-state index in [1.54, 1.807) is 60.7 Å². The zero-order chi connectivity index (χ0) is 14.8. The molecule has 1 aliphatic rings. The highest BCUT2D eigenvalue weighted by atomic mass is 16.2. The molecule has 2 amide bonds. The minimum Gasteiger partial charge on any atom is -0.288 e. The van der Waals surface area contributed by atoms with Crippen LogP contribution in [0.15, 0.2) is 66.2 Å². The quantitative estimate of drug-likeness (QED) is 0.530. The van der Waals surface area contributed by atoms with E-state index in [2.05, 4.69) is 5.32 Å². The summed E-state index contributed by atoms with van der Waals surface area (Å²) in [7, 11) is 0. The van der Waals surface area contributed by atoms with Crippen LogP contribution in [-0.4, -0.2) is 17.6 Å². The van der Waals surface area contributed by atoms with E-state index in [0.717, 1.165) is 0 Å². The van der Waals surface area contributed by atoms with Crippen molar-refractivity contribution in [2.24, 2.45) is 0 Å². The predicted molar refractivity (Wildman–Crippen MR) is 77.3 cm³/mol. The van der Waals surface area contributed by atoms with E-state index in [9.17, 15) is 14.4 Å². The van der Waals surface area contributed by atoms with Crippen molar-refractivity contribution in [3.8, 4) is 0 Å². The van der Waals surface area contributed by atoms with Crippen molar-refractivity contribution in [3.05, 3.63) is 77.4 Å². The maximum atomic E-state index is 12.5. The van der Waals surface area contributed by atoms with E-state index in [1.165, 1.54) is 0 Å². The van der Waals surface area contributed by atoms with Crippen molar-refractivity contribution in [2.45, 2.75) is 0 Å². The van der Waals surface area contributed by atoms with Gasteiger partial charge in [-0.3, -0.25) is 19.7 Å². The second-order valence-electron chi connectivity index (χ2n) is 4.59. The van der Waals surface area contributed by atoms with Gasteiger partial charge in [0.05, 0.1) is 5.57 Å². The number of carbonyl (C=O) groups excluding carboxylic acids is 3. The zero-order valence-electron chi connectivity index (χ0n) is 11.0. The number of Topliss-reactive ketones (excluding diaryl/α,β-unsaturated/α-hetero) is 1. The van der Waals surface area contributed by atoms with Gasteiger partial charge in [-0.2, -0.15) is 0 Å². The van der Waals surface area contributed by atoms with Crippen molar-refractivity contribution in [1.29, 1.82) is 0 Å². The number of amides is 2. The molecule has 0 aromatic heterocycles. The zero-order valence-corrected chi connectivity index (χ0v) is 11.0. The van der Waals surface area contributed by atoms with Crippen LogP contribution in [0, 0.1) is 0 Å². The van der Waals surface area contributed by atoms with Crippen LogP contribution >= 0.6 is 0 Å². The molecule has 0 saturated carbocycles. The maximum absolute atomic E-state index is 12.5. The third kappa shape index (κ3) is 2.27. The molecule has 0 fully saturated rings. The Hall–Kier alpha value is -3.01. The SMILES string of the molecule is O=C1NC(=O)C(c2ccccc2)=C1C(=O)c1ccccc1. The summed E-state index contributed by atoms with van der Waals surface area (Å²) >= 11 is 0. The number of nitrogens with one attached hydrogen (secondary N) is 1. The van der Waals surface area contributed by atoms with Gasteiger partial charge in [-0.25, -0.2) is 0 Å². The number of hydrogen-bond acceptors (Lipinski definition) is 3. The van der Waals surface area contributed by atoms with Crippen LogP contribution in [-0.2, 0) is 9.59 Å². The number of rotatable bonds is 3. The summed E-state index contributed by atoms with van der Waals surface area (Å²) in [5.74, 6) is -1.63. The topological polar surface area (TPSA) is 63.2 Å². The molecule has 0 atom stereocenters. The van der Waals surface area contributed by atoms with Crippen LogP contribution in [0.3, 0.4) is 0 Å². The lowest BCUT2D eigenvalue weighted by atomic mass is 9.95. The third-order valence-electron chi connectivity index (χ3n) is 3.26. The molecule has 21 heavy (non-hydrogen) atoms. The number of ketones is 1. The van der Waals surface area contributed by atoms with Gasteiger partial charge in [0.25, 0.3) is 11.8 Å². The molecule has 3 rings (SSSR count). The Morgan fingerprint density at radius 2 is 1.33 bits per heavy atom. The number of hydrogen-bond donors (Lipinski definition) is 1. The second kappa shape index (κ2) is 5.17. The van der Waals surface area contributed by atoms with Crippen molar-refractivity contribution in [3.63, 3.8) is 0 Å². The fraction of sp³-hybridized carbons (Fsp3) is 0. The molecule has 1 heterocycles. The molecule has 2 aromatic rings. The molecular formula is C17H11NO3. The molecule has 0 radical (unpaired) electrons. The smallest absolute Gasteiger partial charge is 0.262 e. The molecule has 0 unspecified atom stereocenters.